The molecule has 1 heteroatoms. The molecule has 0 radical (unpaired) electrons. The van der Waals surface area contributed by atoms with Gasteiger partial charge in [-0.1, -0.05) is 44.7 Å². The minimum Gasteiger partial charge on any atom is -0.494 e. The Bertz CT molecular complexity index is 631. The summed E-state index contributed by atoms with van der Waals surface area (Å²) in [6.45, 7) is 9.31. The molecule has 0 saturated heterocycles. The Balaban J connectivity index is 2.11. The fourth-order valence-electron chi connectivity index (χ4n) is 2.00. The van der Waals surface area contributed by atoms with Gasteiger partial charge in [-0.3, -0.25) is 0 Å². The second-order valence-electron chi connectivity index (χ2n) is 6.03. The third-order valence-corrected chi connectivity index (χ3v) is 3.27. The Kier molecular flexibility index (Phi) is 4.70. The molecule has 0 bridgehead atoms. The summed E-state index contributed by atoms with van der Waals surface area (Å²) in [6, 6.07) is 16.4. The van der Waals surface area contributed by atoms with E-state index in [1.165, 1.54) is 5.56 Å². The van der Waals surface area contributed by atoms with E-state index >= 15 is 0 Å². The second kappa shape index (κ2) is 6.50. The van der Waals surface area contributed by atoms with Crippen molar-refractivity contribution in [1.29, 1.82) is 0 Å². The average Bonchev–Trinajstić information content (AvgIpc) is 2.46. The molecule has 1 nitrogen and oxygen atoms in total. The summed E-state index contributed by atoms with van der Waals surface area (Å²) in [7, 11) is 0. The first-order valence-electron chi connectivity index (χ1n) is 7.34. The van der Waals surface area contributed by atoms with Crippen LogP contribution in [0.4, 0.5) is 0 Å². The van der Waals surface area contributed by atoms with E-state index in [-0.39, 0.29) is 5.41 Å². The van der Waals surface area contributed by atoms with Crippen LogP contribution in [0.15, 0.2) is 48.5 Å². The third kappa shape index (κ3) is 4.39. The van der Waals surface area contributed by atoms with Crippen LogP contribution >= 0.6 is 0 Å². The third-order valence-electron chi connectivity index (χ3n) is 3.27. The molecule has 0 amide bonds. The van der Waals surface area contributed by atoms with Crippen molar-refractivity contribution in [2.45, 2.75) is 33.1 Å². The van der Waals surface area contributed by atoms with Crippen molar-refractivity contribution in [3.63, 3.8) is 0 Å². The van der Waals surface area contributed by atoms with Crippen LogP contribution in [0.25, 0.3) is 0 Å². The molecule has 108 valence electrons. The van der Waals surface area contributed by atoms with Crippen molar-refractivity contribution in [3.05, 3.63) is 65.2 Å². The number of benzene rings is 2. The molecule has 0 saturated carbocycles. The molecule has 0 heterocycles. The Morgan fingerprint density at radius 3 is 1.71 bits per heavy atom. The molecule has 0 N–H and O–H groups in total. The molecule has 0 aromatic heterocycles. The lowest BCUT2D eigenvalue weighted by Gasteiger charge is -2.18. The van der Waals surface area contributed by atoms with E-state index in [2.05, 4.69) is 56.9 Å². The number of rotatable bonds is 2. The number of hydrogen-bond donors (Lipinski definition) is 0. The molecule has 2 rings (SSSR count). The van der Waals surface area contributed by atoms with Crippen molar-refractivity contribution in [3.8, 4) is 17.6 Å². The van der Waals surface area contributed by atoms with Crippen molar-refractivity contribution in [2.24, 2.45) is 0 Å². The lowest BCUT2D eigenvalue weighted by atomic mass is 9.87. The van der Waals surface area contributed by atoms with Crippen LogP contribution in [0, 0.1) is 11.8 Å². The molecule has 2 aromatic carbocycles. The SMILES string of the molecule is CCOc1ccc(C#Cc2ccc(C(C)(C)C)cc2)cc1. The maximum absolute atomic E-state index is 5.42. The molecule has 21 heavy (non-hydrogen) atoms. The van der Waals surface area contributed by atoms with Gasteiger partial charge in [-0.2, -0.15) is 0 Å². The smallest absolute Gasteiger partial charge is 0.119 e. The van der Waals surface area contributed by atoms with Gasteiger partial charge in [0, 0.05) is 11.1 Å². The molecule has 0 fully saturated rings. The number of hydrogen-bond acceptors (Lipinski definition) is 1. The first kappa shape index (κ1) is 15.2. The average molecular weight is 278 g/mol. The summed E-state index contributed by atoms with van der Waals surface area (Å²) in [5.74, 6) is 7.27. The Labute approximate surface area is 128 Å². The fourth-order valence-corrected chi connectivity index (χ4v) is 2.00. The zero-order valence-electron chi connectivity index (χ0n) is 13.2. The Morgan fingerprint density at radius 2 is 1.29 bits per heavy atom. The topological polar surface area (TPSA) is 9.23 Å². The summed E-state index contributed by atoms with van der Waals surface area (Å²) in [4.78, 5) is 0. The lowest BCUT2D eigenvalue weighted by molar-refractivity contribution is 0.340. The zero-order valence-corrected chi connectivity index (χ0v) is 13.2. The van der Waals surface area contributed by atoms with Crippen molar-refractivity contribution in [1.82, 2.24) is 0 Å². The summed E-state index contributed by atoms with van der Waals surface area (Å²) >= 11 is 0. The van der Waals surface area contributed by atoms with Crippen LogP contribution in [0.3, 0.4) is 0 Å². The van der Waals surface area contributed by atoms with Gasteiger partial charge in [0.05, 0.1) is 6.61 Å². The largest absolute Gasteiger partial charge is 0.494 e. The molecule has 0 aliphatic carbocycles. The van der Waals surface area contributed by atoms with Gasteiger partial charge >= 0.3 is 0 Å². The number of ether oxygens (including phenoxy) is 1. The molecule has 0 aliphatic rings. The molecule has 2 aromatic rings. The summed E-state index contributed by atoms with van der Waals surface area (Å²) in [5.41, 5.74) is 3.55. The normalized spacial score (nSPS) is 10.7. The summed E-state index contributed by atoms with van der Waals surface area (Å²) in [5, 5.41) is 0. The van der Waals surface area contributed by atoms with E-state index in [9.17, 15) is 0 Å². The van der Waals surface area contributed by atoms with E-state index in [4.69, 9.17) is 4.74 Å². The highest BCUT2D eigenvalue weighted by Gasteiger charge is 2.12. The molecular weight excluding hydrogens is 256 g/mol. The predicted molar refractivity (Wildman–Crippen MR) is 88.7 cm³/mol. The monoisotopic (exact) mass is 278 g/mol. The van der Waals surface area contributed by atoms with E-state index in [0.717, 1.165) is 16.9 Å². The van der Waals surface area contributed by atoms with Gasteiger partial charge < -0.3 is 4.74 Å². The first-order valence-corrected chi connectivity index (χ1v) is 7.34. The van der Waals surface area contributed by atoms with Crippen molar-refractivity contribution < 1.29 is 4.74 Å². The molecule has 0 aliphatic heterocycles. The minimum atomic E-state index is 0.182. The van der Waals surface area contributed by atoms with Gasteiger partial charge in [-0.05, 0) is 54.3 Å². The van der Waals surface area contributed by atoms with Gasteiger partial charge in [-0.15, -0.1) is 0 Å². The lowest BCUT2D eigenvalue weighted by Crippen LogP contribution is -2.10. The minimum absolute atomic E-state index is 0.182. The quantitative estimate of drug-likeness (QED) is 0.718. The summed E-state index contributed by atoms with van der Waals surface area (Å²) < 4.78 is 5.42. The standard InChI is InChI=1S/C20H22O/c1-5-21-19-14-10-17(11-15-19)7-6-16-8-12-18(13-9-16)20(2,3)4/h8-15H,5H2,1-4H3. The van der Waals surface area contributed by atoms with Crippen molar-refractivity contribution >= 4 is 0 Å². The maximum atomic E-state index is 5.42. The Morgan fingerprint density at radius 1 is 0.810 bits per heavy atom. The van der Waals surface area contributed by atoms with Gasteiger partial charge in [0.15, 0.2) is 0 Å². The van der Waals surface area contributed by atoms with Gasteiger partial charge in [0.25, 0.3) is 0 Å². The van der Waals surface area contributed by atoms with Crippen LogP contribution < -0.4 is 4.74 Å². The Hall–Kier alpha value is -2.20. The van der Waals surface area contributed by atoms with Gasteiger partial charge in [0.1, 0.15) is 5.75 Å². The van der Waals surface area contributed by atoms with E-state index in [1.54, 1.807) is 0 Å². The van der Waals surface area contributed by atoms with Gasteiger partial charge in [0.2, 0.25) is 0 Å². The highest BCUT2D eigenvalue weighted by atomic mass is 16.5. The molecular formula is C20H22O. The maximum Gasteiger partial charge on any atom is 0.119 e. The highest BCUT2D eigenvalue weighted by molar-refractivity contribution is 5.45. The van der Waals surface area contributed by atoms with E-state index < -0.39 is 0 Å². The van der Waals surface area contributed by atoms with E-state index in [1.807, 2.05) is 31.2 Å². The van der Waals surface area contributed by atoms with Crippen LogP contribution in [0.1, 0.15) is 44.4 Å². The van der Waals surface area contributed by atoms with Crippen LogP contribution in [-0.2, 0) is 5.41 Å². The molecule has 0 unspecified atom stereocenters. The summed E-state index contributed by atoms with van der Waals surface area (Å²) in [6.07, 6.45) is 0. The van der Waals surface area contributed by atoms with Crippen LogP contribution in [0.2, 0.25) is 0 Å². The highest BCUT2D eigenvalue weighted by Crippen LogP contribution is 2.22. The predicted octanol–water partition coefficient (Wildman–Crippen LogP) is 4.78. The second-order valence-corrected chi connectivity index (χ2v) is 6.03. The molecule has 0 atom stereocenters. The fraction of sp³-hybridized carbons (Fsp3) is 0.300. The van der Waals surface area contributed by atoms with Crippen LogP contribution in [-0.4, -0.2) is 6.61 Å². The van der Waals surface area contributed by atoms with Crippen molar-refractivity contribution in [2.75, 3.05) is 6.61 Å². The van der Waals surface area contributed by atoms with Crippen LogP contribution in [0.5, 0.6) is 5.75 Å². The zero-order chi connectivity index (χ0) is 15.3. The van der Waals surface area contributed by atoms with Gasteiger partial charge in [-0.25, -0.2) is 0 Å². The van der Waals surface area contributed by atoms with E-state index in [0.29, 0.717) is 6.61 Å². The first-order chi connectivity index (χ1) is 9.99. The molecule has 0 spiro atoms.